The van der Waals surface area contributed by atoms with E-state index in [-0.39, 0.29) is 36.4 Å². The number of hydrogen-bond acceptors (Lipinski definition) is 8. The van der Waals surface area contributed by atoms with Gasteiger partial charge in [-0.05, 0) is 62.8 Å². The maximum Gasteiger partial charge on any atom is 0.225 e. The molecule has 224 valence electrons. The molecular weight excluding hydrogens is 617 g/mol. The predicted molar refractivity (Wildman–Crippen MR) is 172 cm³/mol. The van der Waals surface area contributed by atoms with Gasteiger partial charge in [-0.1, -0.05) is 47.8 Å². The molecule has 12 heteroatoms. The van der Waals surface area contributed by atoms with Gasteiger partial charge in [0.1, 0.15) is 11.6 Å². The minimum atomic E-state index is -0.211. The Hall–Kier alpha value is -2.66. The number of nitrogens with zero attached hydrogens (tertiary/aromatic N) is 6. The first kappa shape index (κ1) is 33.8. The summed E-state index contributed by atoms with van der Waals surface area (Å²) in [7, 11) is 0. The van der Waals surface area contributed by atoms with Gasteiger partial charge in [-0.3, -0.25) is 0 Å². The lowest BCUT2D eigenvalue weighted by Gasteiger charge is -2.26. The van der Waals surface area contributed by atoms with E-state index in [0.717, 1.165) is 47.9 Å². The van der Waals surface area contributed by atoms with Gasteiger partial charge in [-0.2, -0.15) is 0 Å². The molecule has 2 aromatic carbocycles. The zero-order valence-corrected chi connectivity index (χ0v) is 26.3. The van der Waals surface area contributed by atoms with Gasteiger partial charge in [0.2, 0.25) is 11.9 Å². The fraction of sp³-hybridized carbons (Fsp3) is 0.333. The van der Waals surface area contributed by atoms with Crippen molar-refractivity contribution in [2.75, 3.05) is 36.0 Å². The van der Waals surface area contributed by atoms with Crippen LogP contribution in [0.15, 0.2) is 92.9 Å². The highest BCUT2D eigenvalue weighted by Crippen LogP contribution is 2.30. The van der Waals surface area contributed by atoms with Gasteiger partial charge in [0.05, 0.1) is 0 Å². The van der Waals surface area contributed by atoms with Crippen molar-refractivity contribution < 1.29 is 8.78 Å². The minimum absolute atomic E-state index is 0. The zero-order valence-electron chi connectivity index (χ0n) is 23.1. The normalized spacial score (nSPS) is 14.6. The zero-order chi connectivity index (χ0) is 27.6. The molecule has 2 fully saturated rings. The largest absolute Gasteiger partial charge is 0.341 e. The summed E-state index contributed by atoms with van der Waals surface area (Å²) in [5, 5.41) is 0. The van der Waals surface area contributed by atoms with E-state index in [0.29, 0.717) is 9.79 Å². The van der Waals surface area contributed by atoms with E-state index in [1.165, 1.54) is 74.2 Å². The van der Waals surface area contributed by atoms with Gasteiger partial charge in [-0.25, -0.2) is 28.7 Å². The minimum Gasteiger partial charge on any atom is -0.341 e. The Morgan fingerprint density at radius 2 is 0.833 bits per heavy atom. The van der Waals surface area contributed by atoms with Gasteiger partial charge in [0.15, 0.2) is 0 Å². The van der Waals surface area contributed by atoms with Crippen LogP contribution in [0, 0.1) is 11.6 Å². The molecule has 0 N–H and O–H groups in total. The Labute approximate surface area is 267 Å². The third-order valence-electron chi connectivity index (χ3n) is 6.64. The summed E-state index contributed by atoms with van der Waals surface area (Å²) < 4.78 is 27.2. The van der Waals surface area contributed by atoms with E-state index < -0.39 is 0 Å². The molecule has 0 saturated carbocycles. The molecule has 0 spiro atoms. The molecule has 0 amide bonds. The summed E-state index contributed by atoms with van der Waals surface area (Å²) in [6.45, 7) is 4.11. The molecule has 2 aromatic heterocycles. The average Bonchev–Trinajstić information content (AvgIpc) is 3.01. The van der Waals surface area contributed by atoms with Gasteiger partial charge in [-0.15, -0.1) is 24.8 Å². The third kappa shape index (κ3) is 9.69. The first-order valence-corrected chi connectivity index (χ1v) is 15.3. The van der Waals surface area contributed by atoms with Gasteiger partial charge in [0.25, 0.3) is 0 Å². The summed E-state index contributed by atoms with van der Waals surface area (Å²) in [6.07, 6.45) is 14.5. The van der Waals surface area contributed by atoms with Crippen LogP contribution >= 0.6 is 48.3 Å². The Balaban J connectivity index is 0.000000220. The quantitative estimate of drug-likeness (QED) is 0.206. The van der Waals surface area contributed by atoms with Crippen molar-refractivity contribution >= 4 is 60.2 Å². The number of aromatic nitrogens is 4. The number of anilines is 2. The lowest BCUT2D eigenvalue weighted by atomic mass is 10.1. The molecule has 6 nitrogen and oxygen atoms in total. The van der Waals surface area contributed by atoms with E-state index in [2.05, 4.69) is 29.7 Å². The molecule has 0 unspecified atom stereocenters. The summed E-state index contributed by atoms with van der Waals surface area (Å²) in [5.74, 6) is 1.14. The van der Waals surface area contributed by atoms with Crippen LogP contribution in [0.4, 0.5) is 20.7 Å². The summed E-state index contributed by atoms with van der Waals surface area (Å²) in [4.78, 5) is 24.9. The third-order valence-corrected chi connectivity index (χ3v) is 8.63. The van der Waals surface area contributed by atoms with Crippen molar-refractivity contribution in [1.82, 2.24) is 19.9 Å². The molecule has 2 aliphatic rings. The topological polar surface area (TPSA) is 58.0 Å². The standard InChI is InChI=1S/2C15H16FN3S.2ClH/c2*16-13-6-2-3-7-14(13)20-12-10-17-15(18-11-12)19-8-4-1-5-9-19;;/h2*2-3,6-7,10-11H,1,4-5,8-9H2;2*1H. The van der Waals surface area contributed by atoms with E-state index >= 15 is 0 Å². The molecule has 4 heterocycles. The van der Waals surface area contributed by atoms with E-state index in [1.807, 2.05) is 12.1 Å². The number of piperidine rings is 2. The van der Waals surface area contributed by atoms with Crippen LogP contribution in [-0.4, -0.2) is 46.1 Å². The maximum absolute atomic E-state index is 13.6. The van der Waals surface area contributed by atoms with Crippen molar-refractivity contribution in [2.24, 2.45) is 0 Å². The Morgan fingerprint density at radius 3 is 1.17 bits per heavy atom. The number of hydrogen-bond donors (Lipinski definition) is 0. The highest BCUT2D eigenvalue weighted by Gasteiger charge is 2.14. The van der Waals surface area contributed by atoms with Gasteiger partial charge >= 0.3 is 0 Å². The van der Waals surface area contributed by atoms with Crippen LogP contribution in [0.1, 0.15) is 38.5 Å². The highest BCUT2D eigenvalue weighted by molar-refractivity contribution is 7.99. The molecule has 2 aliphatic heterocycles. The lowest BCUT2D eigenvalue weighted by molar-refractivity contribution is 0.567. The summed E-state index contributed by atoms with van der Waals surface area (Å²) in [6, 6.07) is 13.5. The monoisotopic (exact) mass is 650 g/mol. The number of rotatable bonds is 6. The second-order valence-corrected chi connectivity index (χ2v) is 11.8. The number of benzene rings is 2. The van der Waals surface area contributed by atoms with Crippen molar-refractivity contribution in [1.29, 1.82) is 0 Å². The second-order valence-electron chi connectivity index (χ2n) is 9.60. The molecule has 0 aliphatic carbocycles. The van der Waals surface area contributed by atoms with E-state index in [1.54, 1.807) is 49.1 Å². The fourth-order valence-electron chi connectivity index (χ4n) is 4.55. The predicted octanol–water partition coefficient (Wildman–Crippen LogP) is 8.36. The average molecular weight is 652 g/mol. The van der Waals surface area contributed by atoms with Gasteiger partial charge in [0, 0.05) is 70.5 Å². The van der Waals surface area contributed by atoms with E-state index in [4.69, 9.17) is 0 Å². The van der Waals surface area contributed by atoms with Crippen molar-refractivity contribution in [3.8, 4) is 0 Å². The molecule has 42 heavy (non-hydrogen) atoms. The van der Waals surface area contributed by atoms with Crippen LogP contribution in [0.2, 0.25) is 0 Å². The first-order chi connectivity index (χ1) is 19.7. The second kappa shape index (κ2) is 17.5. The molecule has 0 atom stereocenters. The van der Waals surface area contributed by atoms with Crippen molar-refractivity contribution in [3.05, 3.63) is 85.0 Å². The molecule has 4 aromatic rings. The smallest absolute Gasteiger partial charge is 0.225 e. The highest BCUT2D eigenvalue weighted by atomic mass is 35.5. The van der Waals surface area contributed by atoms with Crippen LogP contribution in [0.3, 0.4) is 0 Å². The van der Waals surface area contributed by atoms with Crippen molar-refractivity contribution in [2.45, 2.75) is 58.1 Å². The SMILES string of the molecule is Cl.Cl.Fc1ccccc1Sc1cnc(N2CCCCC2)nc1.Fc1ccccc1Sc1cnc(N2CCCCC2)nc1. The molecular formula is C30H34Cl2F2N6S2. The lowest BCUT2D eigenvalue weighted by Crippen LogP contribution is -2.30. The summed E-state index contributed by atoms with van der Waals surface area (Å²) >= 11 is 2.70. The van der Waals surface area contributed by atoms with Crippen LogP contribution in [0.5, 0.6) is 0 Å². The molecule has 0 radical (unpaired) electrons. The Morgan fingerprint density at radius 1 is 0.500 bits per heavy atom. The molecule has 0 bridgehead atoms. The van der Waals surface area contributed by atoms with E-state index in [9.17, 15) is 8.78 Å². The molecule has 6 rings (SSSR count). The molecule has 2 saturated heterocycles. The number of halogens is 4. The van der Waals surface area contributed by atoms with Gasteiger partial charge < -0.3 is 9.80 Å². The fourth-order valence-corrected chi connectivity index (χ4v) is 6.10. The summed E-state index contributed by atoms with van der Waals surface area (Å²) in [5.41, 5.74) is 0. The van der Waals surface area contributed by atoms with Crippen molar-refractivity contribution in [3.63, 3.8) is 0 Å². The van der Waals surface area contributed by atoms with Crippen LogP contribution in [0.25, 0.3) is 0 Å². The van der Waals surface area contributed by atoms with Crippen LogP contribution in [-0.2, 0) is 0 Å². The Kier molecular flexibility index (Phi) is 14.1. The maximum atomic E-state index is 13.6. The van der Waals surface area contributed by atoms with Crippen LogP contribution < -0.4 is 9.80 Å². The Bertz CT molecular complexity index is 1250. The first-order valence-electron chi connectivity index (χ1n) is 13.6.